The zero-order valence-electron chi connectivity index (χ0n) is 18.3. The molecule has 2 aromatic rings. The molecule has 3 N–H and O–H groups in total. The van der Waals surface area contributed by atoms with Crippen LogP contribution in [0.4, 0.5) is 5.69 Å². The molecule has 5 heteroatoms. The SMILES string of the molecule is CCCCCCCCCCCCCCOc1ccc(-c2ccoc2C(=O)O)c(N)c1. The van der Waals surface area contributed by atoms with Crippen LogP contribution in [-0.2, 0) is 0 Å². The van der Waals surface area contributed by atoms with Gasteiger partial charge in [-0.15, -0.1) is 0 Å². The van der Waals surface area contributed by atoms with Crippen molar-refractivity contribution in [2.45, 2.75) is 84.0 Å². The molecule has 0 amide bonds. The third kappa shape index (κ3) is 8.13. The van der Waals surface area contributed by atoms with Crippen molar-refractivity contribution in [1.29, 1.82) is 0 Å². The predicted octanol–water partition coefficient (Wildman–Crippen LogP) is 7.31. The van der Waals surface area contributed by atoms with Gasteiger partial charge in [0, 0.05) is 22.9 Å². The van der Waals surface area contributed by atoms with E-state index in [2.05, 4.69) is 6.92 Å². The minimum atomic E-state index is -1.11. The second kappa shape index (κ2) is 13.7. The highest BCUT2D eigenvalue weighted by atomic mass is 16.5. The highest BCUT2D eigenvalue weighted by Gasteiger charge is 2.17. The summed E-state index contributed by atoms with van der Waals surface area (Å²) in [6, 6.07) is 6.96. The summed E-state index contributed by atoms with van der Waals surface area (Å²) in [5.41, 5.74) is 7.71. The van der Waals surface area contributed by atoms with Crippen molar-refractivity contribution in [1.82, 2.24) is 0 Å². The van der Waals surface area contributed by atoms with E-state index in [4.69, 9.17) is 14.9 Å². The van der Waals surface area contributed by atoms with Gasteiger partial charge in [0.15, 0.2) is 0 Å². The molecule has 0 atom stereocenters. The first-order valence-corrected chi connectivity index (χ1v) is 11.5. The number of furan rings is 1. The summed E-state index contributed by atoms with van der Waals surface area (Å²) in [7, 11) is 0. The van der Waals surface area contributed by atoms with Gasteiger partial charge in [-0.25, -0.2) is 4.79 Å². The predicted molar refractivity (Wildman–Crippen MR) is 122 cm³/mol. The first kappa shape index (κ1) is 23.8. The fourth-order valence-corrected chi connectivity index (χ4v) is 3.70. The Kier molecular flexibility index (Phi) is 10.9. The van der Waals surface area contributed by atoms with Gasteiger partial charge in [-0.05, 0) is 24.6 Å². The molecule has 0 radical (unpaired) electrons. The molecule has 5 nitrogen and oxygen atoms in total. The van der Waals surface area contributed by atoms with Gasteiger partial charge in [-0.3, -0.25) is 0 Å². The first-order chi connectivity index (χ1) is 14.6. The molecule has 30 heavy (non-hydrogen) atoms. The fourth-order valence-electron chi connectivity index (χ4n) is 3.70. The maximum Gasteiger partial charge on any atom is 0.372 e. The molecule has 0 saturated carbocycles. The molecule has 0 fully saturated rings. The van der Waals surface area contributed by atoms with Gasteiger partial charge < -0.3 is 20.0 Å². The summed E-state index contributed by atoms with van der Waals surface area (Å²) in [5, 5.41) is 9.19. The standard InChI is InChI=1S/C25H37NO4/c1-2-3-4-5-6-7-8-9-10-11-12-13-17-29-20-14-15-21(23(26)19-20)22-16-18-30-24(22)25(27)28/h14-16,18-19H,2-13,17,26H2,1H3,(H,27,28). The number of rotatable bonds is 16. The zero-order valence-corrected chi connectivity index (χ0v) is 18.3. The molecular formula is C25H37NO4. The van der Waals surface area contributed by atoms with Gasteiger partial charge in [0.05, 0.1) is 12.9 Å². The number of benzene rings is 1. The van der Waals surface area contributed by atoms with Crippen LogP contribution in [0.5, 0.6) is 5.75 Å². The Morgan fingerprint density at radius 3 is 2.07 bits per heavy atom. The number of nitrogen functional groups attached to an aromatic ring is 1. The molecule has 2 rings (SSSR count). The second-order valence-electron chi connectivity index (χ2n) is 7.96. The molecule has 0 aliphatic carbocycles. The van der Waals surface area contributed by atoms with Gasteiger partial charge in [0.25, 0.3) is 0 Å². The molecule has 1 aromatic heterocycles. The van der Waals surface area contributed by atoms with Crippen molar-refractivity contribution in [3.05, 3.63) is 36.3 Å². The highest BCUT2D eigenvalue weighted by molar-refractivity contribution is 5.95. The minimum absolute atomic E-state index is 0.105. The topological polar surface area (TPSA) is 85.7 Å². The van der Waals surface area contributed by atoms with Crippen LogP contribution in [0.3, 0.4) is 0 Å². The van der Waals surface area contributed by atoms with Gasteiger partial charge in [0.1, 0.15) is 5.75 Å². The quantitative estimate of drug-likeness (QED) is 0.222. The normalized spacial score (nSPS) is 11.0. The lowest BCUT2D eigenvalue weighted by molar-refractivity contribution is 0.0663. The van der Waals surface area contributed by atoms with Crippen molar-refractivity contribution in [2.75, 3.05) is 12.3 Å². The Morgan fingerprint density at radius 2 is 1.50 bits per heavy atom. The summed E-state index contributed by atoms with van der Waals surface area (Å²) in [6.07, 6.45) is 17.2. The zero-order chi connectivity index (χ0) is 21.6. The lowest BCUT2D eigenvalue weighted by Gasteiger charge is -2.10. The molecular weight excluding hydrogens is 378 g/mol. The number of unbranched alkanes of at least 4 members (excludes halogenated alkanes) is 11. The number of aromatic carboxylic acids is 1. The van der Waals surface area contributed by atoms with Crippen molar-refractivity contribution in [3.8, 4) is 16.9 Å². The number of carboxylic acid groups (broad SMARTS) is 1. The number of carbonyl (C=O) groups is 1. The van der Waals surface area contributed by atoms with Crippen LogP contribution in [0.1, 0.15) is 94.5 Å². The monoisotopic (exact) mass is 415 g/mol. The van der Waals surface area contributed by atoms with Crippen molar-refractivity contribution in [2.24, 2.45) is 0 Å². The van der Waals surface area contributed by atoms with Crippen molar-refractivity contribution in [3.63, 3.8) is 0 Å². The lowest BCUT2D eigenvalue weighted by Crippen LogP contribution is -2.00. The van der Waals surface area contributed by atoms with E-state index in [1.165, 1.54) is 76.9 Å². The molecule has 0 unspecified atom stereocenters. The van der Waals surface area contributed by atoms with E-state index < -0.39 is 5.97 Å². The molecule has 1 heterocycles. The van der Waals surface area contributed by atoms with Gasteiger partial charge in [-0.2, -0.15) is 0 Å². The van der Waals surface area contributed by atoms with Gasteiger partial charge in [0.2, 0.25) is 5.76 Å². The molecule has 0 aliphatic rings. The molecule has 0 spiro atoms. The Balaban J connectivity index is 1.58. The third-order valence-corrected chi connectivity index (χ3v) is 5.44. The number of hydrogen-bond donors (Lipinski definition) is 2. The molecule has 0 saturated heterocycles. The Labute approximate surface area is 180 Å². The van der Waals surface area contributed by atoms with Crippen LogP contribution < -0.4 is 10.5 Å². The summed E-state index contributed by atoms with van der Waals surface area (Å²) in [5.74, 6) is -0.506. The Hall–Kier alpha value is -2.43. The maximum atomic E-state index is 11.2. The van der Waals surface area contributed by atoms with Crippen LogP contribution in [0.25, 0.3) is 11.1 Å². The fraction of sp³-hybridized carbons (Fsp3) is 0.560. The Bertz CT molecular complexity index is 753. The molecule has 1 aromatic carbocycles. The first-order valence-electron chi connectivity index (χ1n) is 11.5. The van der Waals surface area contributed by atoms with E-state index in [0.717, 1.165) is 6.42 Å². The van der Waals surface area contributed by atoms with E-state index in [-0.39, 0.29) is 5.76 Å². The number of anilines is 1. The van der Waals surface area contributed by atoms with Crippen LogP contribution >= 0.6 is 0 Å². The summed E-state index contributed by atoms with van der Waals surface area (Å²) in [4.78, 5) is 11.2. The maximum absolute atomic E-state index is 11.2. The number of ether oxygens (including phenoxy) is 1. The van der Waals surface area contributed by atoms with Crippen LogP contribution in [-0.4, -0.2) is 17.7 Å². The van der Waals surface area contributed by atoms with Crippen molar-refractivity contribution >= 4 is 11.7 Å². The largest absolute Gasteiger partial charge is 0.494 e. The number of hydrogen-bond acceptors (Lipinski definition) is 4. The van der Waals surface area contributed by atoms with E-state index in [1.807, 2.05) is 6.07 Å². The van der Waals surface area contributed by atoms with E-state index >= 15 is 0 Å². The van der Waals surface area contributed by atoms with E-state index in [0.29, 0.717) is 29.2 Å². The number of carboxylic acids is 1. The lowest BCUT2D eigenvalue weighted by atomic mass is 10.0. The summed E-state index contributed by atoms with van der Waals surface area (Å²) >= 11 is 0. The van der Waals surface area contributed by atoms with Crippen molar-refractivity contribution < 1.29 is 19.1 Å². The van der Waals surface area contributed by atoms with Crippen LogP contribution in [0.15, 0.2) is 34.9 Å². The van der Waals surface area contributed by atoms with Crippen LogP contribution in [0.2, 0.25) is 0 Å². The van der Waals surface area contributed by atoms with E-state index in [9.17, 15) is 9.90 Å². The van der Waals surface area contributed by atoms with Gasteiger partial charge in [-0.1, -0.05) is 77.6 Å². The molecule has 166 valence electrons. The average Bonchev–Trinajstić information content (AvgIpc) is 3.21. The smallest absolute Gasteiger partial charge is 0.372 e. The summed E-state index contributed by atoms with van der Waals surface area (Å²) < 4.78 is 10.8. The van der Waals surface area contributed by atoms with Crippen LogP contribution in [0, 0.1) is 0 Å². The number of nitrogens with two attached hydrogens (primary N) is 1. The highest BCUT2D eigenvalue weighted by Crippen LogP contribution is 2.32. The van der Waals surface area contributed by atoms with Gasteiger partial charge >= 0.3 is 5.97 Å². The average molecular weight is 416 g/mol. The third-order valence-electron chi connectivity index (χ3n) is 5.44. The second-order valence-corrected chi connectivity index (χ2v) is 7.96. The molecule has 0 aliphatic heterocycles. The molecule has 0 bridgehead atoms. The summed E-state index contributed by atoms with van der Waals surface area (Å²) in [6.45, 7) is 2.93. The Morgan fingerprint density at radius 1 is 0.900 bits per heavy atom. The minimum Gasteiger partial charge on any atom is -0.494 e. The van der Waals surface area contributed by atoms with E-state index in [1.54, 1.807) is 18.2 Å².